The van der Waals surface area contributed by atoms with Gasteiger partial charge in [0.05, 0.1) is 11.6 Å². The lowest BCUT2D eigenvalue weighted by Crippen LogP contribution is -2.21. The van der Waals surface area contributed by atoms with Gasteiger partial charge in [0.25, 0.3) is 0 Å². The molecule has 0 saturated carbocycles. The van der Waals surface area contributed by atoms with Crippen LogP contribution in [0.25, 0.3) is 10.9 Å². The molecular weight excluding hydrogens is 360 g/mol. The molecule has 0 saturated heterocycles. The van der Waals surface area contributed by atoms with Crippen molar-refractivity contribution in [3.63, 3.8) is 0 Å². The third kappa shape index (κ3) is 7.69. The summed E-state index contributed by atoms with van der Waals surface area (Å²) in [6.07, 6.45) is 17.3. The summed E-state index contributed by atoms with van der Waals surface area (Å²) >= 11 is 0. The highest BCUT2D eigenvalue weighted by molar-refractivity contribution is 5.89. The van der Waals surface area contributed by atoms with Gasteiger partial charge in [-0.2, -0.15) is 0 Å². The second-order valence-corrected chi connectivity index (χ2v) is 7.74. The van der Waals surface area contributed by atoms with Gasteiger partial charge in [0.15, 0.2) is 0 Å². The number of hydrogen-bond donors (Lipinski definition) is 1. The van der Waals surface area contributed by atoms with Gasteiger partial charge in [0.1, 0.15) is 0 Å². The van der Waals surface area contributed by atoms with Crippen molar-refractivity contribution in [1.29, 1.82) is 0 Å². The van der Waals surface area contributed by atoms with Gasteiger partial charge in [0.2, 0.25) is 5.91 Å². The Morgan fingerprint density at radius 3 is 2.69 bits per heavy atom. The summed E-state index contributed by atoms with van der Waals surface area (Å²) in [4.78, 5) is 12.3. The van der Waals surface area contributed by atoms with Gasteiger partial charge in [-0.05, 0) is 37.3 Å². The fourth-order valence-corrected chi connectivity index (χ4v) is 3.70. The van der Waals surface area contributed by atoms with Crippen LogP contribution in [0.2, 0.25) is 0 Å². The number of nitrogens with zero attached hydrogens (tertiary/aromatic N) is 1. The number of amides is 1. The number of fused-ring (bicyclic) bond motifs is 1. The Balaban J connectivity index is 1.71. The highest BCUT2D eigenvalue weighted by Gasteiger charge is 2.09. The molecule has 0 fully saturated rings. The van der Waals surface area contributed by atoms with Crippen molar-refractivity contribution in [3.05, 3.63) is 48.2 Å². The Kier molecular flexibility index (Phi) is 10.6. The summed E-state index contributed by atoms with van der Waals surface area (Å²) < 4.78 is 7.44. The number of para-hydroxylation sites is 1. The molecule has 0 aliphatic carbocycles. The molecule has 2 rings (SSSR count). The summed E-state index contributed by atoms with van der Waals surface area (Å²) in [5, 5.41) is 1.20. The number of ether oxygens (including phenoxy) is 1. The molecule has 0 spiro atoms. The van der Waals surface area contributed by atoms with E-state index in [1.807, 2.05) is 29.1 Å². The van der Waals surface area contributed by atoms with Crippen molar-refractivity contribution in [2.24, 2.45) is 0 Å². The number of carbonyl (C=O) groups excluding carboxylic acids is 1. The van der Waals surface area contributed by atoms with Crippen molar-refractivity contribution in [1.82, 2.24) is 4.68 Å². The molecule has 0 aliphatic heterocycles. The fraction of sp³-hybridized carbons (Fsp3) is 0.560. The van der Waals surface area contributed by atoms with Crippen molar-refractivity contribution < 1.29 is 9.53 Å². The van der Waals surface area contributed by atoms with Gasteiger partial charge in [-0.1, -0.05) is 76.3 Å². The molecule has 4 heteroatoms. The molecule has 1 heterocycles. The van der Waals surface area contributed by atoms with Crippen LogP contribution < -0.4 is 5.43 Å². The lowest BCUT2D eigenvalue weighted by atomic mass is 10.1. The molecule has 160 valence electrons. The zero-order valence-electron chi connectivity index (χ0n) is 18.5. The van der Waals surface area contributed by atoms with Gasteiger partial charge < -0.3 is 4.74 Å². The zero-order chi connectivity index (χ0) is 20.9. The molecule has 4 nitrogen and oxygen atoms in total. The Hall–Kier alpha value is -2.07. The SMILES string of the molecule is CCCCCCC[C@@H](C/C=C/CCC(=O)Nn1cc(CC)c2ccccc21)OC. The maximum atomic E-state index is 12.3. The van der Waals surface area contributed by atoms with E-state index in [2.05, 4.69) is 37.5 Å². The minimum absolute atomic E-state index is 0.0391. The highest BCUT2D eigenvalue weighted by Crippen LogP contribution is 2.20. The molecule has 1 aromatic heterocycles. The van der Waals surface area contributed by atoms with E-state index in [1.54, 1.807) is 7.11 Å². The first-order valence-electron chi connectivity index (χ1n) is 11.3. The standard InChI is InChI=1S/C25H38N2O2/c1-4-6-7-8-10-15-22(29-3)16-11-9-12-19-25(28)26-27-20-21(5-2)23-17-13-14-18-24(23)27/h9,11,13-14,17-18,20,22H,4-8,10,12,15-16,19H2,1-3H3,(H,26,28)/b11-9+/t22-/m0/s1. The van der Waals surface area contributed by atoms with Crippen LogP contribution in [0.3, 0.4) is 0 Å². The van der Waals surface area contributed by atoms with Crippen molar-refractivity contribution in [2.75, 3.05) is 12.5 Å². The van der Waals surface area contributed by atoms with Crippen LogP contribution >= 0.6 is 0 Å². The van der Waals surface area contributed by atoms with E-state index in [4.69, 9.17) is 4.74 Å². The average Bonchev–Trinajstić information content (AvgIpc) is 3.09. The molecule has 1 amide bonds. The monoisotopic (exact) mass is 398 g/mol. The maximum absolute atomic E-state index is 12.3. The lowest BCUT2D eigenvalue weighted by molar-refractivity contribution is -0.117. The van der Waals surface area contributed by atoms with Crippen LogP contribution in [0.5, 0.6) is 0 Å². The van der Waals surface area contributed by atoms with Crippen LogP contribution in [0.1, 0.15) is 77.2 Å². The van der Waals surface area contributed by atoms with E-state index in [0.29, 0.717) is 12.5 Å². The smallest absolute Gasteiger partial charge is 0.239 e. The van der Waals surface area contributed by atoms with Gasteiger partial charge >= 0.3 is 0 Å². The Labute approximate surface area is 176 Å². The molecule has 0 aliphatic rings. The number of aromatic nitrogens is 1. The minimum atomic E-state index is 0.0391. The van der Waals surface area contributed by atoms with Crippen LogP contribution in [-0.4, -0.2) is 23.8 Å². The van der Waals surface area contributed by atoms with Crippen LogP contribution in [0.4, 0.5) is 0 Å². The number of methoxy groups -OCH3 is 1. The van der Waals surface area contributed by atoms with Crippen LogP contribution in [0.15, 0.2) is 42.6 Å². The van der Waals surface area contributed by atoms with E-state index in [0.717, 1.165) is 31.2 Å². The lowest BCUT2D eigenvalue weighted by Gasteiger charge is -2.12. The van der Waals surface area contributed by atoms with Crippen molar-refractivity contribution in [3.8, 4) is 0 Å². The third-order valence-corrected chi connectivity index (χ3v) is 5.49. The number of carbonyl (C=O) groups is 1. The van der Waals surface area contributed by atoms with Crippen LogP contribution in [-0.2, 0) is 16.0 Å². The average molecular weight is 399 g/mol. The quantitative estimate of drug-likeness (QED) is 0.296. The summed E-state index contributed by atoms with van der Waals surface area (Å²) in [7, 11) is 1.80. The Morgan fingerprint density at radius 2 is 1.93 bits per heavy atom. The molecule has 0 bridgehead atoms. The normalized spacial score (nSPS) is 12.7. The molecule has 1 aromatic carbocycles. The van der Waals surface area contributed by atoms with E-state index < -0.39 is 0 Å². The first-order chi connectivity index (χ1) is 14.2. The van der Waals surface area contributed by atoms with E-state index in [1.165, 1.54) is 43.1 Å². The minimum Gasteiger partial charge on any atom is -0.381 e. The molecule has 2 aromatic rings. The number of rotatable bonds is 14. The molecule has 0 unspecified atom stereocenters. The number of benzene rings is 1. The summed E-state index contributed by atoms with van der Waals surface area (Å²) in [5.41, 5.74) is 5.32. The molecule has 1 atom stereocenters. The van der Waals surface area contributed by atoms with Gasteiger partial charge in [0, 0.05) is 25.1 Å². The van der Waals surface area contributed by atoms with Crippen LogP contribution in [0, 0.1) is 0 Å². The van der Waals surface area contributed by atoms with Gasteiger partial charge in [-0.3, -0.25) is 14.9 Å². The number of allylic oxidation sites excluding steroid dienone is 1. The topological polar surface area (TPSA) is 43.3 Å². The van der Waals surface area contributed by atoms with Gasteiger partial charge in [-0.15, -0.1) is 0 Å². The predicted molar refractivity (Wildman–Crippen MR) is 123 cm³/mol. The second kappa shape index (κ2) is 13.2. The predicted octanol–water partition coefficient (Wildman–Crippen LogP) is 6.38. The zero-order valence-corrected chi connectivity index (χ0v) is 18.5. The van der Waals surface area contributed by atoms with E-state index in [-0.39, 0.29) is 5.91 Å². The maximum Gasteiger partial charge on any atom is 0.239 e. The van der Waals surface area contributed by atoms with Gasteiger partial charge in [-0.25, -0.2) is 0 Å². The van der Waals surface area contributed by atoms with Crippen molar-refractivity contribution in [2.45, 2.75) is 84.2 Å². The Morgan fingerprint density at radius 1 is 1.14 bits per heavy atom. The van der Waals surface area contributed by atoms with E-state index in [9.17, 15) is 4.79 Å². The number of unbranched alkanes of at least 4 members (excludes halogenated alkanes) is 4. The van der Waals surface area contributed by atoms with E-state index >= 15 is 0 Å². The highest BCUT2D eigenvalue weighted by atomic mass is 16.5. The van der Waals surface area contributed by atoms with Crippen molar-refractivity contribution >= 4 is 16.8 Å². The number of hydrogen-bond acceptors (Lipinski definition) is 2. The number of nitrogens with one attached hydrogen (secondary N) is 1. The first kappa shape index (κ1) is 23.2. The largest absolute Gasteiger partial charge is 0.381 e. The third-order valence-electron chi connectivity index (χ3n) is 5.49. The molecular formula is C25H38N2O2. The fourth-order valence-electron chi connectivity index (χ4n) is 3.70. The summed E-state index contributed by atoms with van der Waals surface area (Å²) in [6, 6.07) is 8.19. The molecule has 29 heavy (non-hydrogen) atoms. The Bertz CT molecular complexity index is 763. The summed E-state index contributed by atoms with van der Waals surface area (Å²) in [6.45, 7) is 4.38. The molecule has 0 radical (unpaired) electrons. The summed E-state index contributed by atoms with van der Waals surface area (Å²) in [5.74, 6) is 0.0391. The number of aryl methyl sites for hydroxylation is 1. The first-order valence-corrected chi connectivity index (χ1v) is 11.3. The molecule has 1 N–H and O–H groups in total. The second-order valence-electron chi connectivity index (χ2n) is 7.74.